The third-order valence-electron chi connectivity index (χ3n) is 23.3. The van der Waals surface area contributed by atoms with Crippen LogP contribution in [0.5, 0.6) is 11.5 Å². The molecule has 36 nitrogen and oxygen atoms in total. The Morgan fingerprint density at radius 3 is 2.13 bits per heavy atom. The van der Waals surface area contributed by atoms with Crippen LogP contribution in [0, 0.1) is 5.92 Å². The van der Waals surface area contributed by atoms with Gasteiger partial charge in [-0.2, -0.15) is 0 Å². The van der Waals surface area contributed by atoms with Crippen molar-refractivity contribution in [3.63, 3.8) is 0 Å². The summed E-state index contributed by atoms with van der Waals surface area (Å²) in [5.74, 6) is -11.3. The molecule has 5 heterocycles. The zero-order valence-corrected chi connectivity index (χ0v) is 78.6. The van der Waals surface area contributed by atoms with E-state index in [0.717, 1.165) is 59.2 Å². The molecule has 10 rings (SSSR count). The number of nitrogens with two attached hydrogens (primary N) is 2. The van der Waals surface area contributed by atoms with E-state index in [9.17, 15) is 58.5 Å². The number of anilines is 1. The summed E-state index contributed by atoms with van der Waals surface area (Å²) in [6.45, 7) is 8.10. The number of unbranched alkanes of at least 4 members (excludes halogenated alkanes) is 1. The van der Waals surface area contributed by atoms with Gasteiger partial charge in [0.05, 0.1) is 31.4 Å². The number of para-hydroxylation sites is 1. The van der Waals surface area contributed by atoms with Crippen molar-refractivity contribution < 1.29 is 101 Å². The summed E-state index contributed by atoms with van der Waals surface area (Å²) < 4.78 is 29.7. The Morgan fingerprint density at radius 2 is 1.45 bits per heavy atom. The van der Waals surface area contributed by atoms with E-state index in [1.54, 1.807) is 123 Å². The van der Waals surface area contributed by atoms with Crippen LogP contribution >= 0.6 is 54.8 Å². The number of halogens is 1. The van der Waals surface area contributed by atoms with Gasteiger partial charge in [-0.15, -0.1) is 0 Å². The third-order valence-corrected chi connectivity index (χ3v) is 28.5. The lowest BCUT2D eigenvalue weighted by Crippen LogP contribution is -2.63. The summed E-state index contributed by atoms with van der Waals surface area (Å²) in [6.07, 6.45) is -0.684. The molecule has 18 N–H and O–H groups in total. The molecule has 1 unspecified atom stereocenters. The van der Waals surface area contributed by atoms with Gasteiger partial charge in [-0.25, -0.2) is 14.4 Å². The number of rotatable bonds is 30. The van der Waals surface area contributed by atoms with Gasteiger partial charge in [-0.1, -0.05) is 176 Å². The molecule has 0 radical (unpaired) electrons. The van der Waals surface area contributed by atoms with E-state index in [2.05, 4.69) is 58.2 Å². The van der Waals surface area contributed by atoms with Crippen LogP contribution in [0.2, 0.25) is 5.02 Å². The number of aromatic nitrogens is 1. The minimum atomic E-state index is -1.96. The van der Waals surface area contributed by atoms with Crippen LogP contribution in [0.25, 0.3) is 10.9 Å². The molecule has 132 heavy (non-hydrogen) atoms. The minimum Gasteiger partial charge on any atom is -0.508 e. The van der Waals surface area contributed by atoms with Crippen LogP contribution < -0.4 is 74.3 Å². The molecule has 17 atom stereocenters. The van der Waals surface area contributed by atoms with Crippen LogP contribution in [-0.2, 0) is 104 Å². The minimum absolute atomic E-state index is 0.0499. The van der Waals surface area contributed by atoms with Crippen molar-refractivity contribution in [2.45, 2.75) is 202 Å². The van der Waals surface area contributed by atoms with Gasteiger partial charge in [-0.3, -0.25) is 53.3 Å². The maximum absolute atomic E-state index is 15.4. The number of hydrogen-bond acceptors (Lipinski definition) is 26. The number of nitrogens with zero attached hydrogens (tertiary/aromatic N) is 2. The summed E-state index contributed by atoms with van der Waals surface area (Å²) in [5, 5.41) is 61.5. The highest BCUT2D eigenvalue weighted by atomic mass is 35.5. The molecule has 4 aliphatic rings. The van der Waals surface area contributed by atoms with Crippen molar-refractivity contribution in [2.24, 2.45) is 17.4 Å². The lowest BCUT2D eigenvalue weighted by Gasteiger charge is -2.42. The number of amides is 13. The molecular weight excluding hydrogens is 1800 g/mol. The maximum atomic E-state index is 15.4. The van der Waals surface area contributed by atoms with Crippen LogP contribution in [0.15, 0.2) is 151 Å². The maximum Gasteiger partial charge on any atom is 0.409 e. The molecule has 712 valence electrons. The van der Waals surface area contributed by atoms with Crippen molar-refractivity contribution in [1.29, 1.82) is 0 Å². The Balaban J connectivity index is 0.872. The number of likely N-dealkylation sites (N-methyl/N-ethyl adjacent to an activating group) is 1. The highest BCUT2D eigenvalue weighted by Gasteiger charge is 2.65. The highest BCUT2D eigenvalue weighted by Crippen LogP contribution is 2.50. The normalized spacial score (nSPS) is 25.2. The van der Waals surface area contributed by atoms with Crippen LogP contribution in [0.4, 0.5) is 15.3 Å². The van der Waals surface area contributed by atoms with E-state index in [-0.39, 0.29) is 97.5 Å². The molecule has 0 saturated carbocycles. The monoisotopic (exact) mass is 1920 g/mol. The van der Waals surface area contributed by atoms with Crippen LogP contribution in [0.1, 0.15) is 101 Å². The molecule has 3 fully saturated rings. The van der Waals surface area contributed by atoms with Gasteiger partial charge in [-0.05, 0) is 118 Å². The first-order valence-electron chi connectivity index (χ1n) is 43.1. The number of nitrogens with one attached hydrogen (secondary N) is 11. The summed E-state index contributed by atoms with van der Waals surface area (Å²) in [5.41, 5.74) is 13.4. The number of methoxy groups -OCH3 is 2. The Labute approximate surface area is 785 Å². The highest BCUT2D eigenvalue weighted by molar-refractivity contribution is 8.77. The summed E-state index contributed by atoms with van der Waals surface area (Å²) in [7, 11) is 9.61. The fourth-order valence-corrected chi connectivity index (χ4v) is 20.2. The average molecular weight is 1920 g/mol. The number of fused-ring (bicyclic) bond motifs is 6. The Kier molecular flexibility index (Phi) is 37.9. The average Bonchev–Trinajstić information content (AvgIpc) is 1.56. The number of carbonyl (C=O) groups excluding carboxylic acids is 13. The van der Waals surface area contributed by atoms with Gasteiger partial charge in [0.25, 0.3) is 0 Å². The fraction of sp³-hybridized carbons (Fsp3) is 0.462. The predicted molar refractivity (Wildman–Crippen MR) is 502 cm³/mol. The number of aliphatic hydroxyl groups excluding tert-OH is 1. The molecule has 4 bridgehead atoms. The number of phenols is 1. The van der Waals surface area contributed by atoms with E-state index in [0.29, 0.717) is 46.0 Å². The van der Waals surface area contributed by atoms with Gasteiger partial charge in [0, 0.05) is 106 Å². The van der Waals surface area contributed by atoms with Crippen molar-refractivity contribution in [3.05, 3.63) is 184 Å². The topological polar surface area (TPSA) is 527 Å². The Morgan fingerprint density at radius 1 is 0.788 bits per heavy atom. The van der Waals surface area contributed by atoms with Crippen LogP contribution in [-0.4, -0.2) is 256 Å². The van der Waals surface area contributed by atoms with E-state index in [1.165, 1.54) is 71.3 Å². The standard InChI is InChI=1S/C91H116ClN15O21S4/c1-50-21-20-29-72(125-9)91(123)44-71(126-89(122)105-91)51(2)78-90(5,128-78)73(43-75(111)107(7)69-40-57(37-50)41-70(124-8)76(69)92)127-87(120)52(3)106(6)74(110)34-36-129-130-47-66(79(94)112)100-85(118)68-49-132-131-48-67(101-82(115)64(38-54-22-12-10-13-23-54)103-88(121)96-45-56-24-14-11-15-25-56)84(117)98-63(39-55-30-32-59(109)33-31-55)81(114)99-65(42-58-46-95-61-27-17-16-26-60(58)61)83(116)97-62(28-18-19-35-93)80(113)104-77(53(4)108)86(119)102-68/h10-17,20-27,29-33,40-41,46,51-53,62-68,71-73,77-78,95,108-109,123H,18-19,28,34-39,42-45,47-49,93H2,1-9H3,(H2,94,112)(H,97,116)(H,98,117)(H,99,114)(H,100,118)(H,101,115)(H,102,119)(H,104,113)(H,105,122)(H2,96,103,121)/b29-20+,50-21+/t51-,52+,53-,62+,63+,64-,65-,66+,67+,68+,71+,72-,73+,77+,78?,90+,91+/m1/s1. The first kappa shape index (κ1) is 103. The van der Waals surface area contributed by atoms with Crippen molar-refractivity contribution in [3.8, 4) is 11.5 Å². The largest absolute Gasteiger partial charge is 0.508 e. The summed E-state index contributed by atoms with van der Waals surface area (Å²) in [6, 6.07) is 19.5. The third kappa shape index (κ3) is 28.5. The molecule has 5 aromatic carbocycles. The molecule has 4 aliphatic heterocycles. The van der Waals surface area contributed by atoms with E-state index in [1.807, 2.05) is 19.1 Å². The van der Waals surface area contributed by atoms with Crippen LogP contribution in [0.3, 0.4) is 0 Å². The quantitative estimate of drug-likeness (QED) is 0.0124. The smallest absolute Gasteiger partial charge is 0.409 e. The lowest BCUT2D eigenvalue weighted by molar-refractivity contribution is -0.162. The fourth-order valence-electron chi connectivity index (χ4n) is 15.4. The number of ether oxygens (including phenoxy) is 5. The molecule has 0 spiro atoms. The zero-order chi connectivity index (χ0) is 95.7. The van der Waals surface area contributed by atoms with Gasteiger partial charge in [0.1, 0.15) is 94.8 Å². The number of aliphatic hydroxyl groups is 2. The SMILES string of the molecule is COc1cc2cc(c1Cl)N(C)C(=O)C[C@H](OC(=O)[C@H](C)N(C)C(=O)CCSSC[C@H](NC(=O)[C@@H]1CSSC[C@H](NC(=O)[C@@H](Cc3ccccc3)NC(=O)NCc3ccccc3)C(=O)N[C@@H](Cc3ccc(O)cc3)C(=O)N[C@H](Cc3c[nH]c4ccccc34)C(=O)N[C@@H](CCCCN)C(=O)N[C@@H]([C@@H](C)O)C(=O)N1)C(N)=O)[C@]1(C)OC1[C@H](C)[C@@H]1C[C@@](O)(NC(=O)O1)[C@H](OC)/C=C/C=C(\C)C2. The number of hydrogen-bond donors (Lipinski definition) is 16. The summed E-state index contributed by atoms with van der Waals surface area (Å²) >= 11 is 6.91. The Bertz CT molecular complexity index is 5140. The number of epoxide rings is 1. The number of alkyl carbamates (subject to hydrolysis) is 1. The zero-order valence-electron chi connectivity index (χ0n) is 74.6. The number of primary amides is 1. The van der Waals surface area contributed by atoms with Gasteiger partial charge in [0.2, 0.25) is 59.1 Å². The number of carbonyl (C=O) groups is 13. The number of aromatic amines is 1. The van der Waals surface area contributed by atoms with Gasteiger partial charge < -0.3 is 113 Å². The van der Waals surface area contributed by atoms with E-state index in [4.69, 9.17) is 46.8 Å². The number of urea groups is 1. The molecule has 3 saturated heterocycles. The predicted octanol–water partition coefficient (Wildman–Crippen LogP) is 4.85. The van der Waals surface area contributed by atoms with Crippen molar-refractivity contribution in [1.82, 2.24) is 63.1 Å². The first-order chi connectivity index (χ1) is 63.0. The second-order valence-electron chi connectivity index (χ2n) is 33.1. The molecular formula is C91H116ClN15O21S4. The molecule has 1 aromatic heterocycles. The van der Waals surface area contributed by atoms with E-state index < -0.39 is 191 Å². The molecule has 13 amide bonds. The second-order valence-corrected chi connectivity index (χ2v) is 38.7. The number of aromatic hydroxyl groups is 1. The molecule has 6 aromatic rings. The molecule has 41 heteroatoms. The van der Waals surface area contributed by atoms with Gasteiger partial charge >= 0.3 is 18.1 Å². The first-order valence-corrected chi connectivity index (χ1v) is 48.4. The summed E-state index contributed by atoms with van der Waals surface area (Å²) in [4.78, 5) is 195. The second kappa shape index (κ2) is 48.5. The number of esters is 1. The Hall–Kier alpha value is -11.1. The number of phenolic OH excluding ortho intramolecular Hbond substituents is 1. The molecule has 0 aliphatic carbocycles. The number of benzene rings is 5. The van der Waals surface area contributed by atoms with E-state index >= 15 is 19.2 Å². The number of allylic oxidation sites excluding steroid dienone is 3. The number of H-pyrrole nitrogens is 1. The lowest BCUT2D eigenvalue weighted by atomic mass is 9.83. The van der Waals surface area contributed by atoms with Crippen molar-refractivity contribution >= 4 is 149 Å². The van der Waals surface area contributed by atoms with Crippen molar-refractivity contribution in [2.75, 3.05) is 62.8 Å². The van der Waals surface area contributed by atoms with Gasteiger partial charge in [0.15, 0.2) is 5.72 Å².